The zero-order valence-electron chi connectivity index (χ0n) is 5.92. The molecule has 1 rings (SSSR count). The molecule has 0 aromatic carbocycles. The number of hydrogen-bond acceptors (Lipinski definition) is 1. The van der Waals surface area contributed by atoms with E-state index in [2.05, 4.69) is 25.8 Å². The van der Waals surface area contributed by atoms with Crippen LogP contribution in [-0.4, -0.2) is 11.5 Å². The maximum Gasteiger partial charge on any atom is 0.220 e. The van der Waals surface area contributed by atoms with Gasteiger partial charge in [-0.05, 0) is 28.1 Å². The van der Waals surface area contributed by atoms with Crippen molar-refractivity contribution in [3.05, 3.63) is 39.9 Å². The van der Waals surface area contributed by atoms with Crippen molar-refractivity contribution < 1.29 is 0 Å². The minimum absolute atomic E-state index is 0.517. The lowest BCUT2D eigenvalue weighted by atomic mass is 10.3. The lowest BCUT2D eigenvalue weighted by Crippen LogP contribution is -1.91. The Morgan fingerprint density at radius 3 is 3.00 bits per heavy atom. The zero-order valence-corrected chi connectivity index (χ0v) is 7.50. The highest BCUT2D eigenvalue weighted by Crippen LogP contribution is 2.06. The molecule has 0 aliphatic heterocycles. The normalized spacial score (nSPS) is 9.09. The Kier molecular flexibility index (Phi) is 3.06. The van der Waals surface area contributed by atoms with Crippen LogP contribution in [0.4, 0.5) is 0 Å². The Hall–Kier alpha value is -0.880. The second kappa shape index (κ2) is 4.09. The summed E-state index contributed by atoms with van der Waals surface area (Å²) in [5.41, 5.74) is 0.968. The van der Waals surface area contributed by atoms with E-state index in [0.717, 1.165) is 16.7 Å². The molecular formula is C8H7BrN2. The third-order valence-corrected chi connectivity index (χ3v) is 1.69. The van der Waals surface area contributed by atoms with Gasteiger partial charge in [-0.3, -0.25) is 0 Å². The smallest absolute Gasteiger partial charge is 0.220 e. The van der Waals surface area contributed by atoms with Gasteiger partial charge >= 0.3 is 0 Å². The molecule has 1 heterocycles. The zero-order chi connectivity index (χ0) is 8.10. The number of nitrogens with zero attached hydrogens (tertiary/aromatic N) is 2. The highest BCUT2D eigenvalue weighted by atomic mass is 79.9. The van der Waals surface area contributed by atoms with Crippen molar-refractivity contribution in [1.82, 2.24) is 4.98 Å². The van der Waals surface area contributed by atoms with Crippen molar-refractivity contribution >= 4 is 15.9 Å². The van der Waals surface area contributed by atoms with E-state index in [-0.39, 0.29) is 0 Å². The van der Waals surface area contributed by atoms with Gasteiger partial charge in [-0.25, -0.2) is 11.6 Å². The molecule has 0 unspecified atom stereocenters. The molecule has 2 nitrogen and oxygen atoms in total. The Labute approximate surface area is 74.2 Å². The van der Waals surface area contributed by atoms with E-state index >= 15 is 0 Å². The third-order valence-electron chi connectivity index (χ3n) is 1.25. The van der Waals surface area contributed by atoms with E-state index in [1.807, 2.05) is 18.2 Å². The molecule has 0 spiro atoms. The average Bonchev–Trinajstić information content (AvgIpc) is 2.01. The van der Waals surface area contributed by atoms with Crippen LogP contribution in [0.3, 0.4) is 0 Å². The predicted molar refractivity (Wildman–Crippen MR) is 47.1 cm³/mol. The molecule has 0 radical (unpaired) electrons. The van der Waals surface area contributed by atoms with Crippen molar-refractivity contribution in [2.24, 2.45) is 0 Å². The second-order valence-electron chi connectivity index (χ2n) is 2.08. The largest absolute Gasteiger partial charge is 0.317 e. The molecule has 11 heavy (non-hydrogen) atoms. The van der Waals surface area contributed by atoms with Gasteiger partial charge in [0.25, 0.3) is 0 Å². The fourth-order valence-electron chi connectivity index (χ4n) is 0.760. The number of aromatic nitrogens is 1. The van der Waals surface area contributed by atoms with Gasteiger partial charge in [-0.1, -0.05) is 6.07 Å². The van der Waals surface area contributed by atoms with Crippen LogP contribution < -0.4 is 0 Å². The summed E-state index contributed by atoms with van der Waals surface area (Å²) in [5, 5.41) is 0. The first-order valence-electron chi connectivity index (χ1n) is 3.27. The second-order valence-corrected chi connectivity index (χ2v) is 2.90. The van der Waals surface area contributed by atoms with Crippen LogP contribution in [0.5, 0.6) is 0 Å². The number of pyridine rings is 1. The molecule has 0 saturated heterocycles. The molecule has 0 amide bonds. The minimum Gasteiger partial charge on any atom is -0.317 e. The molecule has 56 valence electrons. The summed E-state index contributed by atoms with van der Waals surface area (Å²) in [6, 6.07) is 5.73. The molecule has 0 atom stereocenters. The summed E-state index contributed by atoms with van der Waals surface area (Å²) in [4.78, 5) is 7.44. The van der Waals surface area contributed by atoms with Crippen molar-refractivity contribution in [3.8, 4) is 0 Å². The van der Waals surface area contributed by atoms with Gasteiger partial charge in [0.05, 0.1) is 6.42 Å². The van der Waals surface area contributed by atoms with Gasteiger partial charge in [0, 0.05) is 5.69 Å². The van der Waals surface area contributed by atoms with Crippen LogP contribution in [0.2, 0.25) is 0 Å². The molecular weight excluding hydrogens is 204 g/mol. The van der Waals surface area contributed by atoms with Gasteiger partial charge in [0.1, 0.15) is 4.60 Å². The fraction of sp³-hybridized carbons (Fsp3) is 0.250. The summed E-state index contributed by atoms with van der Waals surface area (Å²) < 4.78 is 0.833. The topological polar surface area (TPSA) is 17.2 Å². The van der Waals surface area contributed by atoms with E-state index < -0.39 is 0 Å². The average molecular weight is 211 g/mol. The summed E-state index contributed by atoms with van der Waals surface area (Å²) in [6.45, 7) is 7.11. The van der Waals surface area contributed by atoms with Gasteiger partial charge in [-0.15, -0.1) is 0 Å². The molecule has 0 bridgehead atoms. The highest BCUT2D eigenvalue weighted by Gasteiger charge is 1.95. The van der Waals surface area contributed by atoms with Gasteiger partial charge < -0.3 is 4.85 Å². The van der Waals surface area contributed by atoms with Crippen molar-refractivity contribution in [2.75, 3.05) is 6.54 Å². The van der Waals surface area contributed by atoms with Gasteiger partial charge in [0.2, 0.25) is 6.54 Å². The van der Waals surface area contributed by atoms with Crippen LogP contribution in [0, 0.1) is 6.57 Å². The monoisotopic (exact) mass is 210 g/mol. The van der Waals surface area contributed by atoms with Crippen molar-refractivity contribution in [1.29, 1.82) is 0 Å². The first-order chi connectivity index (χ1) is 5.33. The van der Waals surface area contributed by atoms with E-state index in [9.17, 15) is 0 Å². The minimum atomic E-state index is 0.517. The summed E-state index contributed by atoms with van der Waals surface area (Å²) in [5.74, 6) is 0. The Morgan fingerprint density at radius 2 is 2.36 bits per heavy atom. The van der Waals surface area contributed by atoms with Crippen LogP contribution in [0.25, 0.3) is 4.85 Å². The predicted octanol–water partition coefficient (Wildman–Crippen LogP) is 2.31. The van der Waals surface area contributed by atoms with Crippen LogP contribution in [0.1, 0.15) is 5.69 Å². The molecule has 0 saturated carbocycles. The molecule has 3 heteroatoms. The maximum absolute atomic E-state index is 6.59. The van der Waals surface area contributed by atoms with Crippen LogP contribution >= 0.6 is 15.9 Å². The molecule has 0 aliphatic rings. The van der Waals surface area contributed by atoms with Crippen LogP contribution in [0.15, 0.2) is 22.8 Å². The SMILES string of the molecule is [C-]#[N+]CCc1cccc(Br)n1. The van der Waals surface area contributed by atoms with Gasteiger partial charge in [-0.2, -0.15) is 0 Å². The Morgan fingerprint density at radius 1 is 1.55 bits per heavy atom. The third kappa shape index (κ3) is 2.69. The summed E-state index contributed by atoms with van der Waals surface area (Å²) in [7, 11) is 0. The molecule has 1 aromatic rings. The summed E-state index contributed by atoms with van der Waals surface area (Å²) in [6.07, 6.45) is 0.739. The van der Waals surface area contributed by atoms with Crippen molar-refractivity contribution in [3.63, 3.8) is 0 Å². The molecule has 0 N–H and O–H groups in total. The molecule has 0 fully saturated rings. The highest BCUT2D eigenvalue weighted by molar-refractivity contribution is 9.10. The van der Waals surface area contributed by atoms with E-state index in [1.54, 1.807) is 0 Å². The number of hydrogen-bond donors (Lipinski definition) is 0. The maximum atomic E-state index is 6.59. The fourth-order valence-corrected chi connectivity index (χ4v) is 1.14. The lowest BCUT2D eigenvalue weighted by molar-refractivity contribution is 0.989. The van der Waals surface area contributed by atoms with E-state index in [1.165, 1.54) is 0 Å². The summed E-state index contributed by atoms with van der Waals surface area (Å²) >= 11 is 3.27. The van der Waals surface area contributed by atoms with Crippen LogP contribution in [-0.2, 0) is 6.42 Å². The van der Waals surface area contributed by atoms with E-state index in [4.69, 9.17) is 6.57 Å². The van der Waals surface area contributed by atoms with E-state index in [0.29, 0.717) is 6.54 Å². The first kappa shape index (κ1) is 8.22. The van der Waals surface area contributed by atoms with Crippen molar-refractivity contribution in [2.45, 2.75) is 6.42 Å². The standard InChI is InChI=1S/C8H7BrN2/c1-10-6-5-7-3-2-4-8(9)11-7/h2-4H,5-6H2. The Balaban J connectivity index is 2.65. The first-order valence-corrected chi connectivity index (χ1v) is 4.07. The number of halogens is 1. The number of rotatable bonds is 2. The lowest BCUT2D eigenvalue weighted by Gasteiger charge is -1.93. The quantitative estimate of drug-likeness (QED) is 0.541. The molecule has 0 aliphatic carbocycles. The molecule has 1 aromatic heterocycles. The van der Waals surface area contributed by atoms with Gasteiger partial charge in [0.15, 0.2) is 0 Å². The Bertz CT molecular complexity index is 278.